The lowest BCUT2D eigenvalue weighted by atomic mass is 9.93. The van der Waals surface area contributed by atoms with Gasteiger partial charge >= 0.3 is 11.9 Å². The molecule has 2 aliphatic rings. The second kappa shape index (κ2) is 15.8. The Bertz CT molecular complexity index is 1430. The Labute approximate surface area is 278 Å². The first-order valence-electron chi connectivity index (χ1n) is 15.4. The van der Waals surface area contributed by atoms with E-state index in [4.69, 9.17) is 37.4 Å². The van der Waals surface area contributed by atoms with Gasteiger partial charge in [0.2, 0.25) is 11.8 Å². The minimum atomic E-state index is -1.15. The van der Waals surface area contributed by atoms with E-state index in [0.717, 1.165) is 5.56 Å². The third kappa shape index (κ3) is 9.47. The number of amides is 2. The van der Waals surface area contributed by atoms with Gasteiger partial charge in [0.15, 0.2) is 11.9 Å². The van der Waals surface area contributed by atoms with Crippen molar-refractivity contribution in [2.24, 2.45) is 17.8 Å². The second-order valence-electron chi connectivity index (χ2n) is 12.3. The lowest BCUT2D eigenvalue weighted by Crippen LogP contribution is -2.49. The van der Waals surface area contributed by atoms with Gasteiger partial charge < -0.3 is 30.0 Å². The molecule has 10 nitrogen and oxygen atoms in total. The Morgan fingerprint density at radius 2 is 1.65 bits per heavy atom. The first-order valence-corrected chi connectivity index (χ1v) is 16.1. The number of hydrogen-bond donors (Lipinski definition) is 3. The largest absolute Gasteiger partial charge is 0.505 e. The molecule has 2 heterocycles. The van der Waals surface area contributed by atoms with E-state index in [1.165, 1.54) is 18.2 Å². The lowest BCUT2D eigenvalue weighted by Gasteiger charge is -2.27. The normalized spacial score (nSPS) is 27.6. The average molecular weight is 676 g/mol. The van der Waals surface area contributed by atoms with E-state index in [1.54, 1.807) is 13.0 Å². The fourth-order valence-electron chi connectivity index (χ4n) is 5.29. The van der Waals surface area contributed by atoms with Crippen LogP contribution < -0.4 is 10.6 Å². The van der Waals surface area contributed by atoms with Gasteiger partial charge in [-0.25, -0.2) is 4.79 Å². The summed E-state index contributed by atoms with van der Waals surface area (Å²) in [7, 11) is 0. The van der Waals surface area contributed by atoms with E-state index in [-0.39, 0.29) is 65.6 Å². The summed E-state index contributed by atoms with van der Waals surface area (Å²) in [6.45, 7) is 7.18. The van der Waals surface area contributed by atoms with Crippen LogP contribution in [-0.2, 0) is 39.8 Å². The lowest BCUT2D eigenvalue weighted by molar-refractivity contribution is -0.176. The van der Waals surface area contributed by atoms with Crippen LogP contribution >= 0.6 is 23.2 Å². The monoisotopic (exact) mass is 674 g/mol. The first-order chi connectivity index (χ1) is 21.8. The molecule has 2 aromatic rings. The number of phenolic OH excluding ortho intramolecular Hbond substituents is 1. The predicted octanol–water partition coefficient (Wildman–Crippen LogP) is 5.08. The van der Waals surface area contributed by atoms with Gasteiger partial charge in [-0.05, 0) is 41.7 Å². The second-order valence-corrected chi connectivity index (χ2v) is 13.1. The molecule has 7 atom stereocenters. The van der Waals surface area contributed by atoms with E-state index in [2.05, 4.69) is 10.6 Å². The van der Waals surface area contributed by atoms with E-state index >= 15 is 0 Å². The van der Waals surface area contributed by atoms with E-state index in [0.29, 0.717) is 5.56 Å². The number of carbonyl (C=O) groups excluding carboxylic acids is 4. The number of ether oxygens (including phenoxy) is 3. The zero-order valence-electron chi connectivity index (χ0n) is 26.2. The SMILES string of the molecule is CC(C)C[C@@H]1OC(=O)[C@H](C)CNC(=O)[C@@H](Cc2cc(Cl)c(O)c(Cl)c2)NC(=O)/C=C/C[C@@H]([C@@H](C)[C@H]2O[C@@H]2c2ccccc2)OC1=O. The van der Waals surface area contributed by atoms with E-state index in [1.807, 2.05) is 51.1 Å². The molecule has 0 spiro atoms. The van der Waals surface area contributed by atoms with Crippen LogP contribution in [0.1, 0.15) is 57.8 Å². The molecule has 0 unspecified atom stereocenters. The van der Waals surface area contributed by atoms with Crippen molar-refractivity contribution in [1.29, 1.82) is 0 Å². The molecule has 3 N–H and O–H groups in total. The quantitative estimate of drug-likeness (QED) is 0.272. The highest BCUT2D eigenvalue weighted by molar-refractivity contribution is 6.37. The summed E-state index contributed by atoms with van der Waals surface area (Å²) < 4.78 is 17.6. The summed E-state index contributed by atoms with van der Waals surface area (Å²) >= 11 is 12.2. The number of nitrogens with one attached hydrogen (secondary N) is 2. The summed E-state index contributed by atoms with van der Waals surface area (Å²) in [5, 5.41) is 15.3. The fourth-order valence-corrected chi connectivity index (χ4v) is 5.82. The molecule has 2 amide bonds. The van der Waals surface area contributed by atoms with Crippen molar-refractivity contribution in [3.8, 4) is 5.75 Å². The van der Waals surface area contributed by atoms with Crippen molar-refractivity contribution < 1.29 is 38.5 Å². The Kier molecular flexibility index (Phi) is 12.1. The highest BCUT2D eigenvalue weighted by atomic mass is 35.5. The Morgan fingerprint density at radius 1 is 0.978 bits per heavy atom. The Balaban J connectivity index is 1.59. The molecular formula is C34H40Cl2N2O8. The van der Waals surface area contributed by atoms with Crippen molar-refractivity contribution in [2.45, 2.75) is 77.4 Å². The number of halogens is 2. The van der Waals surface area contributed by atoms with Crippen LogP contribution in [0.25, 0.3) is 0 Å². The van der Waals surface area contributed by atoms with Gasteiger partial charge in [0.25, 0.3) is 0 Å². The molecule has 248 valence electrons. The zero-order chi connectivity index (χ0) is 33.5. The Morgan fingerprint density at radius 3 is 2.30 bits per heavy atom. The highest BCUT2D eigenvalue weighted by Crippen LogP contribution is 2.45. The molecule has 0 radical (unpaired) electrons. The van der Waals surface area contributed by atoms with Crippen LogP contribution in [0.5, 0.6) is 5.75 Å². The summed E-state index contributed by atoms with van der Waals surface area (Å²) in [5.74, 6) is -3.82. The number of carbonyl (C=O) groups is 4. The number of hydrogen-bond acceptors (Lipinski definition) is 8. The van der Waals surface area contributed by atoms with E-state index in [9.17, 15) is 24.3 Å². The molecule has 2 aromatic carbocycles. The van der Waals surface area contributed by atoms with Crippen molar-refractivity contribution in [1.82, 2.24) is 10.6 Å². The number of phenols is 1. The molecule has 4 rings (SSSR count). The van der Waals surface area contributed by atoms with Crippen molar-refractivity contribution in [2.75, 3.05) is 6.54 Å². The predicted molar refractivity (Wildman–Crippen MR) is 172 cm³/mol. The molecule has 12 heteroatoms. The molecular weight excluding hydrogens is 635 g/mol. The molecule has 0 saturated carbocycles. The summed E-state index contributed by atoms with van der Waals surface area (Å²) in [6, 6.07) is 11.6. The summed E-state index contributed by atoms with van der Waals surface area (Å²) in [5.41, 5.74) is 1.50. The Hall–Kier alpha value is -3.60. The number of esters is 2. The maximum atomic E-state index is 13.5. The maximum absolute atomic E-state index is 13.5. The molecule has 0 aliphatic carbocycles. The number of benzene rings is 2. The van der Waals surface area contributed by atoms with Crippen LogP contribution in [0.3, 0.4) is 0 Å². The van der Waals surface area contributed by atoms with Gasteiger partial charge in [-0.3, -0.25) is 14.4 Å². The molecule has 2 aliphatic heterocycles. The smallest absolute Gasteiger partial charge is 0.347 e. The summed E-state index contributed by atoms with van der Waals surface area (Å²) in [6.07, 6.45) is 1.03. The highest BCUT2D eigenvalue weighted by Gasteiger charge is 2.47. The van der Waals surface area contributed by atoms with Gasteiger partial charge in [0.05, 0.1) is 22.1 Å². The third-order valence-electron chi connectivity index (χ3n) is 8.00. The molecule has 1 fully saturated rings. The third-order valence-corrected chi connectivity index (χ3v) is 8.58. The van der Waals surface area contributed by atoms with E-state index < -0.39 is 47.9 Å². The maximum Gasteiger partial charge on any atom is 0.347 e. The van der Waals surface area contributed by atoms with Gasteiger partial charge in [-0.1, -0.05) is 87.3 Å². The van der Waals surface area contributed by atoms with Crippen LogP contribution in [0.15, 0.2) is 54.6 Å². The van der Waals surface area contributed by atoms with Crippen LogP contribution in [0, 0.1) is 17.8 Å². The molecule has 46 heavy (non-hydrogen) atoms. The van der Waals surface area contributed by atoms with Crippen molar-refractivity contribution >= 4 is 47.0 Å². The fraction of sp³-hybridized carbons (Fsp3) is 0.471. The number of rotatable bonds is 7. The van der Waals surface area contributed by atoms with Gasteiger partial charge in [0, 0.05) is 25.3 Å². The van der Waals surface area contributed by atoms with Crippen LogP contribution in [0.2, 0.25) is 10.0 Å². The minimum absolute atomic E-state index is 0.00138. The molecule has 1 saturated heterocycles. The van der Waals surface area contributed by atoms with Crippen LogP contribution in [-0.4, -0.2) is 59.8 Å². The average Bonchev–Trinajstić information content (AvgIpc) is 3.81. The van der Waals surface area contributed by atoms with Gasteiger partial charge in [0.1, 0.15) is 18.2 Å². The van der Waals surface area contributed by atoms with Crippen molar-refractivity contribution in [3.63, 3.8) is 0 Å². The number of epoxide rings is 1. The minimum Gasteiger partial charge on any atom is -0.505 e. The summed E-state index contributed by atoms with van der Waals surface area (Å²) in [4.78, 5) is 52.9. The van der Waals surface area contributed by atoms with Gasteiger partial charge in [-0.15, -0.1) is 0 Å². The number of cyclic esters (lactones) is 2. The van der Waals surface area contributed by atoms with Gasteiger partial charge in [-0.2, -0.15) is 0 Å². The standard InChI is InChI=1S/C34H40Cl2N2O8/c1-18(2)13-27-34(43)44-26(20(4)30-31(46-30)22-9-6-5-7-10-22)11-8-12-28(39)38-25(32(41)37-17-19(3)33(42)45-27)16-21-14-23(35)29(40)24(36)15-21/h5-10,12,14-15,18-20,25-27,30-31,40H,11,13,16-17H2,1-4H3,(H,37,41)(H,38,39)/b12-8+/t19-,20-,25-,26+,27+,30-,31-/m1/s1. The van der Waals surface area contributed by atoms with Crippen molar-refractivity contribution in [3.05, 3.63) is 75.8 Å². The number of aromatic hydroxyl groups is 1. The first kappa shape index (κ1) is 35.3. The molecule has 0 bridgehead atoms. The topological polar surface area (TPSA) is 144 Å². The zero-order valence-corrected chi connectivity index (χ0v) is 27.7. The molecule has 0 aromatic heterocycles. The van der Waals surface area contributed by atoms with Crippen LogP contribution in [0.4, 0.5) is 0 Å².